The fraction of sp³-hybridized carbons (Fsp3) is 0.927. The van der Waals surface area contributed by atoms with Crippen LogP contribution in [0, 0.1) is 17.8 Å². The number of cyclic esters (lactones) is 1. The molecule has 13 heteroatoms. The predicted octanol–water partition coefficient (Wildman–Crippen LogP) is 4.21. The molecule has 0 saturated carbocycles. The van der Waals surface area contributed by atoms with Crippen LogP contribution in [0.2, 0.25) is 0 Å². The Bertz CT molecular complexity index is 1300. The fourth-order valence-electron chi connectivity index (χ4n) is 10.0. The Labute approximate surface area is 323 Å². The Hall–Kier alpha value is -1.39. The van der Waals surface area contributed by atoms with E-state index in [1.165, 1.54) is 26.9 Å². The smallest absolute Gasteiger partial charge is 0.311 e. The Balaban J connectivity index is 1.57. The molecular weight excluding hydrogens is 698 g/mol. The zero-order valence-electron chi connectivity index (χ0n) is 34.7. The van der Waals surface area contributed by atoms with Gasteiger partial charge in [-0.25, -0.2) is 0 Å². The van der Waals surface area contributed by atoms with Crippen molar-refractivity contribution in [1.29, 1.82) is 0 Å². The van der Waals surface area contributed by atoms with Crippen LogP contribution in [0.4, 0.5) is 0 Å². The maximum atomic E-state index is 14.4. The number of carbonyl (C=O) groups is 1. The van der Waals surface area contributed by atoms with Crippen molar-refractivity contribution in [2.45, 2.75) is 205 Å². The number of methoxy groups -OCH3 is 1. The van der Waals surface area contributed by atoms with Gasteiger partial charge in [-0.2, -0.15) is 0 Å². The number of aliphatic hydroxyl groups is 4. The van der Waals surface area contributed by atoms with Crippen molar-refractivity contribution < 1.29 is 58.4 Å². The number of carbonyl (C=O) groups excluding carboxylic acids is 1. The quantitative estimate of drug-likeness (QED) is 0.247. The maximum absolute atomic E-state index is 14.4. The lowest BCUT2D eigenvalue weighted by Crippen LogP contribution is -2.60. The SMILES string of the molecule is CC[C@@H](O)[C@@](C)(O)[C@@H]1OC(=O)[C@H](C)[C@@H](O[C@H]2CC(C)(OC)[C@@H](O)C(C)O2)[C@H](C)[C@@H](O[C@@H]2OC(C)CC(N3CCCCCC3)C2O)[C@]2(C)CC(C)=C(O2)[C@@H]1C. The van der Waals surface area contributed by atoms with Crippen molar-refractivity contribution in [2.75, 3.05) is 20.2 Å². The van der Waals surface area contributed by atoms with Crippen LogP contribution in [-0.4, -0.2) is 136 Å². The minimum absolute atomic E-state index is 0.146. The van der Waals surface area contributed by atoms with E-state index in [1.807, 2.05) is 34.6 Å². The van der Waals surface area contributed by atoms with E-state index in [0.717, 1.165) is 31.5 Å². The third-order valence-corrected chi connectivity index (χ3v) is 13.4. The van der Waals surface area contributed by atoms with Crippen LogP contribution in [0.15, 0.2) is 11.3 Å². The fourth-order valence-corrected chi connectivity index (χ4v) is 10.0. The normalized spacial score (nSPS) is 46.1. The van der Waals surface area contributed by atoms with Gasteiger partial charge in [0.15, 0.2) is 12.6 Å². The average Bonchev–Trinajstić information content (AvgIpc) is 3.25. The summed E-state index contributed by atoms with van der Waals surface area (Å²) in [6.45, 7) is 20.1. The summed E-state index contributed by atoms with van der Waals surface area (Å²) in [7, 11) is 1.54. The molecule has 4 saturated heterocycles. The standard InChI is InChI=1S/C41H71NO12/c1-12-29(43)41(10,47)36-24(4)32-22(2)20-40(9,54-32)35(53-38-31(44)28(19-23(3)49-38)42-17-15-13-14-16-18-42)25(5)33(26(6)37(46)52-36)51-30-21-39(8,48-11)34(45)27(7)50-30/h23-31,33-36,38,43-45,47H,12-21H2,1-11H3/t23?,24-,25-,26+,27?,28?,29+,30-,31?,33-,34-,35+,36+,38-,39?,40-,41+/m0/s1. The van der Waals surface area contributed by atoms with E-state index in [2.05, 4.69) is 4.90 Å². The van der Waals surface area contributed by atoms with E-state index in [4.69, 9.17) is 33.2 Å². The first-order valence-electron chi connectivity index (χ1n) is 20.5. The van der Waals surface area contributed by atoms with Gasteiger partial charge in [0.25, 0.3) is 0 Å². The van der Waals surface area contributed by atoms with Gasteiger partial charge in [0.05, 0.1) is 41.9 Å². The largest absolute Gasteiger partial charge is 0.488 e. The molecule has 0 radical (unpaired) electrons. The summed E-state index contributed by atoms with van der Waals surface area (Å²) >= 11 is 0. The number of rotatable bonds is 9. The molecule has 5 aliphatic heterocycles. The van der Waals surface area contributed by atoms with Gasteiger partial charge < -0.3 is 53.6 Å². The zero-order chi connectivity index (χ0) is 39.9. The first-order valence-corrected chi connectivity index (χ1v) is 20.5. The summed E-state index contributed by atoms with van der Waals surface area (Å²) in [4.78, 5) is 16.8. The average molecular weight is 770 g/mol. The monoisotopic (exact) mass is 769 g/mol. The molecule has 4 fully saturated rings. The molecule has 5 unspecified atom stereocenters. The van der Waals surface area contributed by atoms with Crippen LogP contribution in [0.25, 0.3) is 0 Å². The molecule has 0 aliphatic carbocycles. The number of fused-ring (bicyclic) bond motifs is 2. The Morgan fingerprint density at radius 2 is 1.65 bits per heavy atom. The molecular formula is C41H71NO12. The summed E-state index contributed by atoms with van der Waals surface area (Å²) in [5.41, 5.74) is -2.93. The topological polar surface area (TPSA) is 166 Å². The summed E-state index contributed by atoms with van der Waals surface area (Å²) in [5, 5.41) is 45.9. The molecule has 5 heterocycles. The third-order valence-electron chi connectivity index (χ3n) is 13.4. The highest BCUT2D eigenvalue weighted by atomic mass is 16.7. The molecule has 13 nitrogen and oxygen atoms in total. The van der Waals surface area contributed by atoms with Crippen molar-refractivity contribution in [3.05, 3.63) is 11.3 Å². The Kier molecular flexibility index (Phi) is 13.9. The van der Waals surface area contributed by atoms with Crippen LogP contribution in [-0.2, 0) is 38.0 Å². The Morgan fingerprint density at radius 3 is 2.26 bits per heavy atom. The molecule has 54 heavy (non-hydrogen) atoms. The summed E-state index contributed by atoms with van der Waals surface area (Å²) < 4.78 is 45.5. The van der Waals surface area contributed by atoms with Crippen LogP contribution in [0.3, 0.4) is 0 Å². The second-order valence-electron chi connectivity index (χ2n) is 17.8. The molecule has 4 N–H and O–H groups in total. The van der Waals surface area contributed by atoms with E-state index >= 15 is 0 Å². The van der Waals surface area contributed by atoms with E-state index < -0.39 is 95.8 Å². The second kappa shape index (κ2) is 17.2. The van der Waals surface area contributed by atoms with Gasteiger partial charge in [-0.3, -0.25) is 9.69 Å². The number of ether oxygens (including phenoxy) is 7. The van der Waals surface area contributed by atoms with Crippen molar-refractivity contribution >= 4 is 5.97 Å². The molecule has 17 atom stereocenters. The molecule has 0 aromatic rings. The van der Waals surface area contributed by atoms with Crippen molar-refractivity contribution in [2.24, 2.45) is 17.8 Å². The lowest BCUT2D eigenvalue weighted by Gasteiger charge is -2.49. The van der Waals surface area contributed by atoms with Gasteiger partial charge in [-0.1, -0.05) is 33.6 Å². The van der Waals surface area contributed by atoms with Crippen LogP contribution in [0.1, 0.15) is 121 Å². The number of esters is 1. The minimum atomic E-state index is -1.82. The van der Waals surface area contributed by atoms with Crippen molar-refractivity contribution in [1.82, 2.24) is 4.90 Å². The number of likely N-dealkylation sites (tertiary alicyclic amines) is 1. The molecule has 5 rings (SSSR count). The number of hydrogen-bond donors (Lipinski definition) is 4. The van der Waals surface area contributed by atoms with E-state index in [1.54, 1.807) is 27.7 Å². The molecule has 312 valence electrons. The summed E-state index contributed by atoms with van der Waals surface area (Å²) in [6, 6.07) is -0.146. The maximum Gasteiger partial charge on any atom is 0.311 e. The lowest BCUT2D eigenvalue weighted by molar-refractivity contribution is -0.317. The van der Waals surface area contributed by atoms with E-state index in [0.29, 0.717) is 18.6 Å². The third kappa shape index (κ3) is 8.71. The highest BCUT2D eigenvalue weighted by Crippen LogP contribution is 2.48. The van der Waals surface area contributed by atoms with Crippen molar-refractivity contribution in [3.63, 3.8) is 0 Å². The van der Waals surface area contributed by atoms with Gasteiger partial charge in [0, 0.05) is 31.9 Å². The summed E-state index contributed by atoms with van der Waals surface area (Å²) in [5.74, 6) is -2.21. The molecule has 0 aromatic heterocycles. The number of nitrogens with zero attached hydrogens (tertiary/aromatic N) is 1. The van der Waals surface area contributed by atoms with Gasteiger partial charge >= 0.3 is 5.97 Å². The van der Waals surface area contributed by atoms with Crippen LogP contribution in [0.5, 0.6) is 0 Å². The number of hydrogen-bond acceptors (Lipinski definition) is 13. The molecule has 0 amide bonds. The lowest BCUT2D eigenvalue weighted by atomic mass is 9.78. The minimum Gasteiger partial charge on any atom is -0.488 e. The first kappa shape index (κ1) is 43.7. The predicted molar refractivity (Wildman–Crippen MR) is 200 cm³/mol. The first-order chi connectivity index (χ1) is 25.3. The molecule has 2 bridgehead atoms. The van der Waals surface area contributed by atoms with Crippen LogP contribution < -0.4 is 0 Å². The molecule has 0 aromatic carbocycles. The van der Waals surface area contributed by atoms with Gasteiger partial charge in [-0.15, -0.1) is 0 Å². The summed E-state index contributed by atoms with van der Waals surface area (Å²) in [6.07, 6.45) is -2.52. The van der Waals surface area contributed by atoms with E-state index in [9.17, 15) is 25.2 Å². The van der Waals surface area contributed by atoms with Gasteiger partial charge in [0.2, 0.25) is 0 Å². The molecule has 0 spiro atoms. The van der Waals surface area contributed by atoms with E-state index in [-0.39, 0.29) is 25.0 Å². The van der Waals surface area contributed by atoms with Gasteiger partial charge in [0.1, 0.15) is 41.4 Å². The number of aliphatic hydroxyl groups excluding tert-OH is 3. The zero-order valence-corrected chi connectivity index (χ0v) is 34.7. The second-order valence-corrected chi connectivity index (χ2v) is 17.8. The van der Waals surface area contributed by atoms with Gasteiger partial charge in [-0.05, 0) is 92.8 Å². The highest BCUT2D eigenvalue weighted by Gasteiger charge is 2.57. The van der Waals surface area contributed by atoms with Crippen molar-refractivity contribution in [3.8, 4) is 0 Å². The Morgan fingerprint density at radius 1 is 1.00 bits per heavy atom. The molecule has 5 aliphatic rings. The highest BCUT2D eigenvalue weighted by molar-refractivity contribution is 5.73. The van der Waals surface area contributed by atoms with Crippen LogP contribution >= 0.6 is 0 Å².